The smallest absolute Gasteiger partial charge is 0.322 e. The fourth-order valence-electron chi connectivity index (χ4n) is 2.36. The summed E-state index contributed by atoms with van der Waals surface area (Å²) in [6.45, 7) is 0.0218. The number of aromatic nitrogens is 1. The van der Waals surface area contributed by atoms with Crippen LogP contribution in [0.4, 0.5) is 13.6 Å². The van der Waals surface area contributed by atoms with Crippen molar-refractivity contribution in [1.82, 2.24) is 20.9 Å². The van der Waals surface area contributed by atoms with Crippen molar-refractivity contribution in [3.05, 3.63) is 53.7 Å². The zero-order valence-corrected chi connectivity index (χ0v) is 13.8. The van der Waals surface area contributed by atoms with E-state index in [1.54, 1.807) is 12.1 Å². The summed E-state index contributed by atoms with van der Waals surface area (Å²) in [5.41, 5.74) is 0.482. The number of halogens is 2. The molecule has 8 nitrogen and oxygen atoms in total. The first-order valence-corrected chi connectivity index (χ1v) is 7.87. The topological polar surface area (TPSA) is 109 Å². The van der Waals surface area contributed by atoms with Gasteiger partial charge in [-0.25, -0.2) is 18.6 Å². The molecule has 2 heterocycles. The normalized spacial score (nSPS) is 15.9. The van der Waals surface area contributed by atoms with Gasteiger partial charge in [-0.2, -0.15) is 0 Å². The Morgan fingerprint density at radius 2 is 2.04 bits per heavy atom. The lowest BCUT2D eigenvalue weighted by molar-refractivity contribution is -0.126. The number of ether oxygens (including phenoxy) is 1. The number of amides is 4. The average molecular weight is 376 g/mol. The minimum absolute atomic E-state index is 0.0218. The maximum Gasteiger partial charge on any atom is 0.322 e. The summed E-state index contributed by atoms with van der Waals surface area (Å²) < 4.78 is 31.7. The van der Waals surface area contributed by atoms with E-state index in [4.69, 9.17) is 4.74 Å². The van der Waals surface area contributed by atoms with Crippen LogP contribution in [-0.4, -0.2) is 28.9 Å². The van der Waals surface area contributed by atoms with E-state index in [1.165, 1.54) is 12.3 Å². The molecular weight excluding hydrogens is 362 g/mol. The first-order valence-electron chi connectivity index (χ1n) is 7.87. The van der Waals surface area contributed by atoms with Gasteiger partial charge in [0.25, 0.3) is 5.91 Å². The van der Waals surface area contributed by atoms with Crippen molar-refractivity contribution in [2.45, 2.75) is 19.0 Å². The number of pyridine rings is 1. The Morgan fingerprint density at radius 3 is 2.74 bits per heavy atom. The summed E-state index contributed by atoms with van der Waals surface area (Å²) in [6, 6.07) is 4.73. The van der Waals surface area contributed by atoms with Gasteiger partial charge in [0.15, 0.2) is 11.6 Å². The second kappa shape index (κ2) is 7.77. The van der Waals surface area contributed by atoms with Crippen LogP contribution in [0.25, 0.3) is 0 Å². The summed E-state index contributed by atoms with van der Waals surface area (Å²) in [5.74, 6) is -2.95. The highest BCUT2D eigenvalue weighted by molar-refractivity contribution is 6.05. The van der Waals surface area contributed by atoms with E-state index in [1.807, 2.05) is 5.32 Å². The third-order valence-electron chi connectivity index (χ3n) is 3.68. The molecule has 140 valence electrons. The van der Waals surface area contributed by atoms with Crippen molar-refractivity contribution in [3.63, 3.8) is 0 Å². The summed E-state index contributed by atoms with van der Waals surface area (Å²) in [4.78, 5) is 38.5. The molecule has 2 aromatic rings. The third kappa shape index (κ3) is 4.54. The fourth-order valence-corrected chi connectivity index (χ4v) is 2.36. The fraction of sp³-hybridized carbons (Fsp3) is 0.176. The third-order valence-corrected chi connectivity index (χ3v) is 3.68. The molecule has 1 aromatic heterocycles. The predicted molar refractivity (Wildman–Crippen MR) is 87.6 cm³/mol. The van der Waals surface area contributed by atoms with Gasteiger partial charge in [-0.05, 0) is 18.2 Å². The molecule has 1 atom stereocenters. The van der Waals surface area contributed by atoms with E-state index in [-0.39, 0.29) is 24.6 Å². The second-order valence-corrected chi connectivity index (χ2v) is 5.64. The molecule has 1 fully saturated rings. The minimum atomic E-state index is -1.06. The van der Waals surface area contributed by atoms with Crippen molar-refractivity contribution >= 4 is 17.8 Å². The first kappa shape index (κ1) is 18.2. The number of benzene rings is 1. The Morgan fingerprint density at radius 1 is 1.22 bits per heavy atom. The lowest BCUT2D eigenvalue weighted by Crippen LogP contribution is -2.36. The number of imide groups is 1. The quantitative estimate of drug-likeness (QED) is 0.660. The SMILES string of the molecule is O=C(C[C@@H]1NC(=O)NC1=O)NCc1cccnc1Oc1ccc(F)c(F)c1. The Bertz CT molecular complexity index is 906. The highest BCUT2D eigenvalue weighted by atomic mass is 19.2. The molecule has 0 aliphatic carbocycles. The van der Waals surface area contributed by atoms with Crippen molar-refractivity contribution in [3.8, 4) is 11.6 Å². The Labute approximate surface area is 151 Å². The van der Waals surface area contributed by atoms with Gasteiger partial charge in [-0.3, -0.25) is 14.9 Å². The molecule has 0 spiro atoms. The number of carbonyl (C=O) groups excluding carboxylic acids is 3. The summed E-state index contributed by atoms with van der Waals surface area (Å²) in [7, 11) is 0. The Balaban J connectivity index is 1.62. The number of urea groups is 1. The molecule has 0 bridgehead atoms. The summed E-state index contributed by atoms with van der Waals surface area (Å²) in [6.07, 6.45) is 1.22. The van der Waals surface area contributed by atoms with Crippen LogP contribution in [0.5, 0.6) is 11.6 Å². The van der Waals surface area contributed by atoms with E-state index >= 15 is 0 Å². The maximum atomic E-state index is 13.3. The van der Waals surface area contributed by atoms with Gasteiger partial charge in [0.2, 0.25) is 11.8 Å². The van der Waals surface area contributed by atoms with Crippen LogP contribution in [0.15, 0.2) is 36.5 Å². The van der Waals surface area contributed by atoms with Gasteiger partial charge in [0.1, 0.15) is 11.8 Å². The van der Waals surface area contributed by atoms with Crippen LogP contribution in [0.3, 0.4) is 0 Å². The molecule has 27 heavy (non-hydrogen) atoms. The molecule has 4 amide bonds. The highest BCUT2D eigenvalue weighted by Crippen LogP contribution is 2.24. The van der Waals surface area contributed by atoms with E-state index in [0.29, 0.717) is 5.56 Å². The minimum Gasteiger partial charge on any atom is -0.439 e. The molecule has 3 rings (SSSR count). The van der Waals surface area contributed by atoms with E-state index in [0.717, 1.165) is 12.1 Å². The van der Waals surface area contributed by atoms with E-state index < -0.39 is 35.5 Å². The van der Waals surface area contributed by atoms with Crippen molar-refractivity contribution in [2.75, 3.05) is 0 Å². The predicted octanol–water partition coefficient (Wildman–Crippen LogP) is 1.37. The lowest BCUT2D eigenvalue weighted by Gasteiger charge is -2.12. The zero-order chi connectivity index (χ0) is 19.4. The number of carbonyl (C=O) groups is 3. The summed E-state index contributed by atoms with van der Waals surface area (Å²) in [5, 5.41) is 6.94. The standard InChI is InChI=1S/C17H14F2N4O4/c18-11-4-3-10(6-12(11)19)27-16-9(2-1-5-20-16)8-21-14(24)7-13-15(25)23-17(26)22-13/h1-6,13H,7-8H2,(H,21,24)(H2,22,23,25,26)/t13-/m0/s1. The van der Waals surface area contributed by atoms with E-state index in [2.05, 4.69) is 15.6 Å². The Kier molecular flexibility index (Phi) is 5.25. The van der Waals surface area contributed by atoms with Crippen molar-refractivity contribution in [2.24, 2.45) is 0 Å². The molecule has 1 saturated heterocycles. The monoisotopic (exact) mass is 376 g/mol. The first-order chi connectivity index (χ1) is 12.9. The van der Waals surface area contributed by atoms with Gasteiger partial charge in [0.05, 0.1) is 6.42 Å². The van der Waals surface area contributed by atoms with Crippen LogP contribution >= 0.6 is 0 Å². The molecule has 0 unspecified atom stereocenters. The second-order valence-electron chi connectivity index (χ2n) is 5.64. The van der Waals surface area contributed by atoms with Gasteiger partial charge in [0, 0.05) is 24.4 Å². The van der Waals surface area contributed by atoms with Gasteiger partial charge in [-0.1, -0.05) is 6.07 Å². The lowest BCUT2D eigenvalue weighted by atomic mass is 10.2. The van der Waals surface area contributed by atoms with Gasteiger partial charge < -0.3 is 15.4 Å². The van der Waals surface area contributed by atoms with Crippen molar-refractivity contribution < 1.29 is 27.9 Å². The highest BCUT2D eigenvalue weighted by Gasteiger charge is 2.31. The number of rotatable bonds is 6. The van der Waals surface area contributed by atoms with Crippen molar-refractivity contribution in [1.29, 1.82) is 0 Å². The van der Waals surface area contributed by atoms with Crippen LogP contribution in [-0.2, 0) is 16.1 Å². The summed E-state index contributed by atoms with van der Waals surface area (Å²) >= 11 is 0. The van der Waals surface area contributed by atoms with Crippen LogP contribution in [0, 0.1) is 11.6 Å². The molecule has 3 N–H and O–H groups in total. The van der Waals surface area contributed by atoms with Gasteiger partial charge >= 0.3 is 6.03 Å². The number of hydrogen-bond donors (Lipinski definition) is 3. The largest absolute Gasteiger partial charge is 0.439 e. The van der Waals surface area contributed by atoms with Gasteiger partial charge in [-0.15, -0.1) is 0 Å². The van der Waals surface area contributed by atoms with Crippen LogP contribution in [0.1, 0.15) is 12.0 Å². The molecule has 0 radical (unpaired) electrons. The molecular formula is C17H14F2N4O4. The Hall–Kier alpha value is -3.56. The zero-order valence-electron chi connectivity index (χ0n) is 13.8. The molecule has 1 aliphatic heterocycles. The number of hydrogen-bond acceptors (Lipinski definition) is 5. The molecule has 1 aliphatic rings. The number of nitrogens with one attached hydrogen (secondary N) is 3. The van der Waals surface area contributed by atoms with Crippen LogP contribution < -0.4 is 20.7 Å². The maximum absolute atomic E-state index is 13.3. The average Bonchev–Trinajstić information content (AvgIpc) is 2.94. The molecule has 0 saturated carbocycles. The van der Waals surface area contributed by atoms with Crippen LogP contribution in [0.2, 0.25) is 0 Å². The van der Waals surface area contributed by atoms with E-state index in [9.17, 15) is 23.2 Å². The number of nitrogens with zero attached hydrogens (tertiary/aromatic N) is 1. The molecule has 1 aromatic carbocycles. The molecule has 10 heteroatoms.